The molecule has 1 aromatic rings. The number of hydrogen-bond acceptors (Lipinski definition) is 7. The van der Waals surface area contributed by atoms with Crippen LogP contribution in [0.3, 0.4) is 0 Å². The number of hydrogen-bond donors (Lipinski definition) is 0. The molecule has 0 atom stereocenters. The summed E-state index contributed by atoms with van der Waals surface area (Å²) in [6.07, 6.45) is 1.67. The molecule has 0 bridgehead atoms. The second-order valence-electron chi connectivity index (χ2n) is 6.09. The summed E-state index contributed by atoms with van der Waals surface area (Å²) in [5.74, 6) is -0.142. The highest BCUT2D eigenvalue weighted by atomic mass is 32.2. The predicted molar refractivity (Wildman–Crippen MR) is 105 cm³/mol. The van der Waals surface area contributed by atoms with Crippen molar-refractivity contribution in [3.63, 3.8) is 0 Å². The fraction of sp³-hybridized carbons (Fsp3) is 0.412. The van der Waals surface area contributed by atoms with Gasteiger partial charge in [-0.3, -0.25) is 24.7 Å². The van der Waals surface area contributed by atoms with E-state index in [0.29, 0.717) is 40.1 Å². The molecule has 0 aliphatic carbocycles. The minimum atomic E-state index is -0.416. The van der Waals surface area contributed by atoms with E-state index in [2.05, 4.69) is 4.90 Å². The van der Waals surface area contributed by atoms with Crippen molar-refractivity contribution in [2.24, 2.45) is 0 Å². The maximum atomic E-state index is 12.7. The molecule has 0 unspecified atom stereocenters. The largest absolute Gasteiger partial charge is 0.379 e. The zero-order chi connectivity index (χ0) is 18.7. The van der Waals surface area contributed by atoms with Gasteiger partial charge in [0.2, 0.25) is 0 Å². The Morgan fingerprint density at radius 1 is 1.35 bits per heavy atom. The summed E-state index contributed by atoms with van der Waals surface area (Å²) in [6.45, 7) is 6.12. The van der Waals surface area contributed by atoms with Gasteiger partial charge in [-0.2, -0.15) is 0 Å². The highest BCUT2D eigenvalue weighted by molar-refractivity contribution is 8.26. The van der Waals surface area contributed by atoms with Crippen molar-refractivity contribution in [2.45, 2.75) is 6.92 Å². The van der Waals surface area contributed by atoms with Crippen LogP contribution in [0.4, 0.5) is 5.69 Å². The number of ether oxygens (including phenoxy) is 1. The summed E-state index contributed by atoms with van der Waals surface area (Å²) in [4.78, 5) is 27.7. The Hall–Kier alpha value is -1.81. The number of carbonyl (C=O) groups is 1. The van der Waals surface area contributed by atoms with E-state index in [0.717, 1.165) is 19.6 Å². The van der Waals surface area contributed by atoms with Crippen LogP contribution in [-0.2, 0) is 9.53 Å². The first-order chi connectivity index (χ1) is 12.5. The quantitative estimate of drug-likeness (QED) is 0.329. The molecule has 1 amide bonds. The first-order valence-corrected chi connectivity index (χ1v) is 9.48. The van der Waals surface area contributed by atoms with Crippen molar-refractivity contribution in [3.8, 4) is 0 Å². The summed E-state index contributed by atoms with van der Waals surface area (Å²) in [5.41, 5.74) is 1.25. The van der Waals surface area contributed by atoms with Crippen LogP contribution in [0.5, 0.6) is 0 Å². The van der Waals surface area contributed by atoms with Gasteiger partial charge in [0.25, 0.3) is 11.6 Å². The number of thiocarbonyl (C=S) groups is 1. The zero-order valence-corrected chi connectivity index (χ0v) is 16.0. The van der Waals surface area contributed by atoms with Crippen LogP contribution < -0.4 is 0 Å². The van der Waals surface area contributed by atoms with Crippen molar-refractivity contribution in [1.29, 1.82) is 0 Å². The minimum Gasteiger partial charge on any atom is -0.379 e. The Morgan fingerprint density at radius 3 is 2.77 bits per heavy atom. The van der Waals surface area contributed by atoms with Gasteiger partial charge in [0, 0.05) is 37.8 Å². The van der Waals surface area contributed by atoms with E-state index in [1.807, 2.05) is 0 Å². The molecule has 0 spiro atoms. The summed E-state index contributed by atoms with van der Waals surface area (Å²) in [5, 5.41) is 11.1. The number of amides is 1. The van der Waals surface area contributed by atoms with E-state index >= 15 is 0 Å². The first-order valence-electron chi connectivity index (χ1n) is 8.26. The Kier molecular flexibility index (Phi) is 6.02. The molecule has 0 N–H and O–H groups in total. The summed E-state index contributed by atoms with van der Waals surface area (Å²) < 4.78 is 5.85. The smallest absolute Gasteiger partial charge is 0.272 e. The van der Waals surface area contributed by atoms with Gasteiger partial charge in [0.15, 0.2) is 0 Å². The third kappa shape index (κ3) is 4.29. The van der Waals surface area contributed by atoms with E-state index in [1.54, 1.807) is 30.0 Å². The molecule has 3 rings (SSSR count). The summed E-state index contributed by atoms with van der Waals surface area (Å²) in [7, 11) is 0. The molecule has 2 aliphatic heterocycles. The van der Waals surface area contributed by atoms with Gasteiger partial charge in [-0.1, -0.05) is 36.1 Å². The number of nitrogens with zero attached hydrogens (tertiary/aromatic N) is 3. The van der Waals surface area contributed by atoms with Crippen LogP contribution in [0.15, 0.2) is 23.1 Å². The van der Waals surface area contributed by atoms with Gasteiger partial charge in [0.1, 0.15) is 4.32 Å². The highest BCUT2D eigenvalue weighted by Gasteiger charge is 2.32. The van der Waals surface area contributed by atoms with E-state index < -0.39 is 4.92 Å². The van der Waals surface area contributed by atoms with E-state index in [1.165, 1.54) is 17.8 Å². The zero-order valence-electron chi connectivity index (χ0n) is 14.3. The van der Waals surface area contributed by atoms with Gasteiger partial charge in [-0.15, -0.1) is 0 Å². The normalized spacial score (nSPS) is 20.2. The average molecular weight is 393 g/mol. The highest BCUT2D eigenvalue weighted by Crippen LogP contribution is 2.33. The van der Waals surface area contributed by atoms with Crippen molar-refractivity contribution in [3.05, 3.63) is 44.3 Å². The van der Waals surface area contributed by atoms with Crippen molar-refractivity contribution in [2.75, 3.05) is 39.4 Å². The fourth-order valence-corrected chi connectivity index (χ4v) is 4.13. The third-order valence-electron chi connectivity index (χ3n) is 4.34. The van der Waals surface area contributed by atoms with Gasteiger partial charge in [0.05, 0.1) is 23.0 Å². The Labute approximate surface area is 161 Å². The van der Waals surface area contributed by atoms with Crippen molar-refractivity contribution >= 4 is 46.0 Å². The van der Waals surface area contributed by atoms with Crippen LogP contribution in [0, 0.1) is 17.0 Å². The standard InChI is InChI=1S/C17H19N3O4S2/c1-12-2-3-13(10-14(12)20(22)23)11-15-16(21)19(17(25)26-15)5-4-18-6-8-24-9-7-18/h2-3,10-11H,4-9H2,1H3/b15-11-. The summed E-state index contributed by atoms with van der Waals surface area (Å²) >= 11 is 6.58. The molecule has 26 heavy (non-hydrogen) atoms. The lowest BCUT2D eigenvalue weighted by Gasteiger charge is -2.28. The monoisotopic (exact) mass is 393 g/mol. The molecule has 2 aliphatic rings. The lowest BCUT2D eigenvalue weighted by molar-refractivity contribution is -0.385. The van der Waals surface area contributed by atoms with Gasteiger partial charge in [-0.25, -0.2) is 0 Å². The maximum Gasteiger partial charge on any atom is 0.272 e. The first kappa shape index (κ1) is 19.0. The maximum absolute atomic E-state index is 12.7. The Balaban J connectivity index is 1.70. The number of benzene rings is 1. The molecule has 1 aromatic carbocycles. The predicted octanol–water partition coefficient (Wildman–Crippen LogP) is 2.44. The number of morpholine rings is 1. The minimum absolute atomic E-state index is 0.0431. The van der Waals surface area contributed by atoms with Crippen LogP contribution in [-0.4, -0.2) is 64.3 Å². The molecule has 0 saturated carbocycles. The number of aryl methyl sites for hydroxylation is 1. The number of rotatable bonds is 5. The van der Waals surface area contributed by atoms with Crippen molar-refractivity contribution in [1.82, 2.24) is 9.80 Å². The topological polar surface area (TPSA) is 75.9 Å². The Bertz CT molecular complexity index is 775. The van der Waals surface area contributed by atoms with E-state index in [4.69, 9.17) is 17.0 Å². The number of carbonyl (C=O) groups excluding carboxylic acids is 1. The van der Waals surface area contributed by atoms with E-state index in [9.17, 15) is 14.9 Å². The van der Waals surface area contributed by atoms with Crippen LogP contribution in [0.1, 0.15) is 11.1 Å². The molecule has 2 heterocycles. The van der Waals surface area contributed by atoms with Crippen LogP contribution in [0.2, 0.25) is 0 Å². The van der Waals surface area contributed by atoms with Crippen LogP contribution >= 0.6 is 24.0 Å². The Morgan fingerprint density at radius 2 is 2.08 bits per heavy atom. The number of nitro groups is 1. The molecular weight excluding hydrogens is 374 g/mol. The second kappa shape index (κ2) is 8.26. The average Bonchev–Trinajstić information content (AvgIpc) is 2.89. The molecule has 7 nitrogen and oxygen atoms in total. The summed E-state index contributed by atoms with van der Waals surface area (Å²) in [6, 6.07) is 4.93. The lowest BCUT2D eigenvalue weighted by Crippen LogP contribution is -2.42. The van der Waals surface area contributed by atoms with E-state index in [-0.39, 0.29) is 11.6 Å². The second-order valence-corrected chi connectivity index (χ2v) is 7.77. The SMILES string of the molecule is Cc1ccc(/C=C2\SC(=S)N(CCN3CCOCC3)C2=O)cc1[N+](=O)[O-]. The molecule has 0 radical (unpaired) electrons. The molecule has 2 fully saturated rings. The lowest BCUT2D eigenvalue weighted by atomic mass is 10.1. The van der Waals surface area contributed by atoms with Gasteiger partial charge < -0.3 is 4.74 Å². The fourth-order valence-electron chi connectivity index (χ4n) is 2.82. The number of thioether (sulfide) groups is 1. The molecule has 138 valence electrons. The van der Waals surface area contributed by atoms with Gasteiger partial charge >= 0.3 is 0 Å². The molecule has 0 aromatic heterocycles. The number of nitro benzene ring substituents is 1. The molecule has 9 heteroatoms. The molecular formula is C17H19N3O4S2. The molecule has 2 saturated heterocycles. The van der Waals surface area contributed by atoms with Crippen molar-refractivity contribution < 1.29 is 14.5 Å². The third-order valence-corrected chi connectivity index (χ3v) is 5.72. The van der Waals surface area contributed by atoms with Crippen LogP contribution in [0.25, 0.3) is 6.08 Å². The van der Waals surface area contributed by atoms with Gasteiger partial charge in [-0.05, 0) is 18.6 Å².